The number of unbranched alkanes of at least 4 members (excludes halogenated alkanes) is 6. The van der Waals surface area contributed by atoms with Crippen LogP contribution in [0.2, 0.25) is 0 Å². The molecule has 0 N–H and O–H groups in total. The Morgan fingerprint density at radius 3 is 2.00 bits per heavy atom. The number of ether oxygens (including phenoxy) is 2. The Hall–Kier alpha value is -1.06. The van der Waals surface area contributed by atoms with E-state index in [9.17, 15) is 9.59 Å². The van der Waals surface area contributed by atoms with Crippen LogP contribution in [0, 0.1) is 0 Å². The molecular weight excluding hydrogens is 268 g/mol. The molecule has 0 aromatic heterocycles. The van der Waals surface area contributed by atoms with E-state index < -0.39 is 0 Å². The Kier molecular flexibility index (Phi) is 13.2. The van der Waals surface area contributed by atoms with Crippen molar-refractivity contribution in [2.45, 2.75) is 90.6 Å². The van der Waals surface area contributed by atoms with Gasteiger partial charge in [0.25, 0.3) is 0 Å². The molecule has 0 saturated heterocycles. The summed E-state index contributed by atoms with van der Waals surface area (Å²) < 4.78 is 9.99. The molecule has 0 radical (unpaired) electrons. The van der Waals surface area contributed by atoms with Crippen LogP contribution in [0.15, 0.2) is 0 Å². The molecule has 4 nitrogen and oxygen atoms in total. The minimum absolute atomic E-state index is 0.0694. The molecule has 0 rings (SSSR count). The molecule has 0 aliphatic carbocycles. The van der Waals surface area contributed by atoms with Crippen LogP contribution in [0.5, 0.6) is 0 Å². The molecule has 0 aliphatic rings. The molecule has 21 heavy (non-hydrogen) atoms. The second kappa shape index (κ2) is 13.9. The number of hydrogen-bond donors (Lipinski definition) is 0. The first-order valence-corrected chi connectivity index (χ1v) is 8.34. The van der Waals surface area contributed by atoms with Crippen molar-refractivity contribution in [3.05, 3.63) is 0 Å². The van der Waals surface area contributed by atoms with Gasteiger partial charge in [-0.25, -0.2) is 0 Å². The highest BCUT2D eigenvalue weighted by Gasteiger charge is 2.11. The van der Waals surface area contributed by atoms with Gasteiger partial charge in [-0.3, -0.25) is 9.59 Å². The molecule has 0 saturated carbocycles. The number of rotatable bonds is 13. The first-order chi connectivity index (χ1) is 10.1. The van der Waals surface area contributed by atoms with E-state index in [0.717, 1.165) is 44.9 Å². The maximum atomic E-state index is 11.1. The average Bonchev–Trinajstić information content (AvgIpc) is 2.45. The summed E-state index contributed by atoms with van der Waals surface area (Å²) >= 11 is 0. The van der Waals surface area contributed by atoms with Gasteiger partial charge in [-0.1, -0.05) is 39.0 Å². The van der Waals surface area contributed by atoms with Crippen molar-refractivity contribution in [1.82, 2.24) is 0 Å². The van der Waals surface area contributed by atoms with Gasteiger partial charge in [0, 0.05) is 13.3 Å². The predicted octanol–water partition coefficient (Wildman–Crippen LogP) is 4.40. The predicted molar refractivity (Wildman–Crippen MR) is 84.0 cm³/mol. The van der Waals surface area contributed by atoms with Crippen molar-refractivity contribution in [3.63, 3.8) is 0 Å². The van der Waals surface area contributed by atoms with Crippen LogP contribution in [0.1, 0.15) is 84.5 Å². The highest BCUT2D eigenvalue weighted by Crippen LogP contribution is 2.16. The van der Waals surface area contributed by atoms with E-state index in [1.165, 1.54) is 33.3 Å². The summed E-state index contributed by atoms with van der Waals surface area (Å²) in [6, 6.07) is 0. The summed E-state index contributed by atoms with van der Waals surface area (Å²) in [7, 11) is 1.42. The lowest BCUT2D eigenvalue weighted by atomic mass is 10.0. The number of esters is 2. The number of hydrogen-bond acceptors (Lipinski definition) is 4. The second-order valence-corrected chi connectivity index (χ2v) is 5.61. The van der Waals surface area contributed by atoms with Crippen LogP contribution in [-0.2, 0) is 19.1 Å². The van der Waals surface area contributed by atoms with Crippen LogP contribution in [-0.4, -0.2) is 25.2 Å². The smallest absolute Gasteiger partial charge is 0.305 e. The van der Waals surface area contributed by atoms with E-state index in [2.05, 4.69) is 11.7 Å². The molecule has 0 aliphatic heterocycles. The standard InChI is InChI=1S/C17H32O4/c1-4-5-6-9-12-16(21-15(2)18)13-10-7-8-11-14-17(19)20-3/h16H,4-14H2,1-3H3. The largest absolute Gasteiger partial charge is 0.469 e. The third-order valence-corrected chi connectivity index (χ3v) is 3.60. The van der Waals surface area contributed by atoms with E-state index in [1.54, 1.807) is 0 Å². The molecule has 0 amide bonds. The first kappa shape index (κ1) is 19.9. The monoisotopic (exact) mass is 300 g/mol. The van der Waals surface area contributed by atoms with Gasteiger partial charge in [0.2, 0.25) is 0 Å². The minimum atomic E-state index is -0.179. The fourth-order valence-corrected chi connectivity index (χ4v) is 2.39. The summed E-state index contributed by atoms with van der Waals surface area (Å²) in [5, 5.41) is 0. The highest BCUT2D eigenvalue weighted by molar-refractivity contribution is 5.68. The molecule has 0 aromatic rings. The summed E-state index contributed by atoms with van der Waals surface area (Å²) in [4.78, 5) is 22.1. The average molecular weight is 300 g/mol. The van der Waals surface area contributed by atoms with Gasteiger partial charge < -0.3 is 9.47 Å². The topological polar surface area (TPSA) is 52.6 Å². The fourth-order valence-electron chi connectivity index (χ4n) is 2.39. The maximum Gasteiger partial charge on any atom is 0.305 e. The van der Waals surface area contributed by atoms with Crippen molar-refractivity contribution in [3.8, 4) is 0 Å². The Morgan fingerprint density at radius 2 is 1.48 bits per heavy atom. The van der Waals surface area contributed by atoms with Gasteiger partial charge in [0.1, 0.15) is 6.10 Å². The van der Waals surface area contributed by atoms with Crippen LogP contribution in [0.3, 0.4) is 0 Å². The lowest BCUT2D eigenvalue weighted by Gasteiger charge is -2.16. The molecule has 0 aromatic carbocycles. The Labute approximate surface area is 129 Å². The van der Waals surface area contributed by atoms with Crippen LogP contribution >= 0.6 is 0 Å². The van der Waals surface area contributed by atoms with Crippen molar-refractivity contribution in [2.24, 2.45) is 0 Å². The van der Waals surface area contributed by atoms with E-state index in [0.29, 0.717) is 6.42 Å². The Balaban J connectivity index is 3.69. The number of carbonyl (C=O) groups excluding carboxylic acids is 2. The SMILES string of the molecule is CCCCCCC(CCCCCCC(=O)OC)OC(C)=O. The quantitative estimate of drug-likeness (QED) is 0.373. The van der Waals surface area contributed by atoms with Gasteiger partial charge in [0.05, 0.1) is 7.11 Å². The van der Waals surface area contributed by atoms with E-state index in [-0.39, 0.29) is 18.0 Å². The lowest BCUT2D eigenvalue weighted by Crippen LogP contribution is -2.16. The molecule has 1 atom stereocenters. The lowest BCUT2D eigenvalue weighted by molar-refractivity contribution is -0.147. The Morgan fingerprint density at radius 1 is 0.905 bits per heavy atom. The fraction of sp³-hybridized carbons (Fsp3) is 0.882. The summed E-state index contributed by atoms with van der Waals surface area (Å²) in [6.45, 7) is 3.67. The van der Waals surface area contributed by atoms with Gasteiger partial charge in [0.15, 0.2) is 0 Å². The maximum absolute atomic E-state index is 11.1. The minimum Gasteiger partial charge on any atom is -0.469 e. The summed E-state index contributed by atoms with van der Waals surface area (Å²) in [5.74, 6) is -0.315. The molecule has 124 valence electrons. The van der Waals surface area contributed by atoms with E-state index in [4.69, 9.17) is 4.74 Å². The number of methoxy groups -OCH3 is 1. The zero-order chi connectivity index (χ0) is 15.9. The molecule has 0 bridgehead atoms. The van der Waals surface area contributed by atoms with Crippen molar-refractivity contribution in [2.75, 3.05) is 7.11 Å². The van der Waals surface area contributed by atoms with Gasteiger partial charge in [-0.05, 0) is 32.1 Å². The van der Waals surface area contributed by atoms with Gasteiger partial charge in [-0.15, -0.1) is 0 Å². The highest BCUT2D eigenvalue weighted by atomic mass is 16.5. The summed E-state index contributed by atoms with van der Waals surface area (Å²) in [6.07, 6.45) is 11.3. The van der Waals surface area contributed by atoms with Crippen molar-refractivity contribution >= 4 is 11.9 Å². The third-order valence-electron chi connectivity index (χ3n) is 3.60. The van der Waals surface area contributed by atoms with Crippen LogP contribution < -0.4 is 0 Å². The third kappa shape index (κ3) is 13.7. The van der Waals surface area contributed by atoms with Crippen LogP contribution in [0.25, 0.3) is 0 Å². The zero-order valence-electron chi connectivity index (χ0n) is 14.0. The Bertz CT molecular complexity index is 276. The molecule has 0 heterocycles. The van der Waals surface area contributed by atoms with E-state index >= 15 is 0 Å². The van der Waals surface area contributed by atoms with Crippen LogP contribution in [0.4, 0.5) is 0 Å². The zero-order valence-corrected chi connectivity index (χ0v) is 14.0. The van der Waals surface area contributed by atoms with Gasteiger partial charge >= 0.3 is 11.9 Å². The summed E-state index contributed by atoms with van der Waals surface area (Å²) in [5.41, 5.74) is 0. The van der Waals surface area contributed by atoms with Gasteiger partial charge in [-0.2, -0.15) is 0 Å². The normalized spacial score (nSPS) is 12.0. The second-order valence-electron chi connectivity index (χ2n) is 5.61. The first-order valence-electron chi connectivity index (χ1n) is 8.34. The molecule has 1 unspecified atom stereocenters. The molecule has 0 fully saturated rings. The molecular formula is C17H32O4. The van der Waals surface area contributed by atoms with Crippen molar-refractivity contribution < 1.29 is 19.1 Å². The molecule has 0 spiro atoms. The van der Waals surface area contributed by atoms with E-state index in [1.807, 2.05) is 0 Å². The molecule has 4 heteroatoms. The number of carbonyl (C=O) groups is 2. The van der Waals surface area contributed by atoms with Crippen molar-refractivity contribution in [1.29, 1.82) is 0 Å².